The van der Waals surface area contributed by atoms with Crippen LogP contribution in [-0.4, -0.2) is 61.4 Å². The molecular weight excluding hydrogens is 467 g/mol. The summed E-state index contributed by atoms with van der Waals surface area (Å²) in [5.41, 5.74) is 12.7. The third kappa shape index (κ3) is 13.7. The number of nitrogens with two attached hydrogens (primary N) is 2. The average Bonchev–Trinajstić information content (AvgIpc) is 3.48. The van der Waals surface area contributed by atoms with Gasteiger partial charge in [-0.05, 0) is 19.7 Å². The first kappa shape index (κ1) is 30.9. The van der Waals surface area contributed by atoms with E-state index in [4.69, 9.17) is 25.3 Å². The molecule has 36 heavy (non-hydrogen) atoms. The summed E-state index contributed by atoms with van der Waals surface area (Å²) >= 11 is 0. The Morgan fingerprint density at radius 3 is 2.14 bits per heavy atom. The van der Waals surface area contributed by atoms with Crippen LogP contribution >= 0.6 is 0 Å². The minimum atomic E-state index is -0.903. The van der Waals surface area contributed by atoms with Gasteiger partial charge in [0.05, 0.1) is 12.8 Å². The number of nitrogens with zero attached hydrogens (tertiary/aromatic N) is 3. The molecule has 14 nitrogen and oxygen atoms in total. The molecule has 0 radical (unpaired) electrons. The second-order valence-electron chi connectivity index (χ2n) is 7.39. The van der Waals surface area contributed by atoms with E-state index in [2.05, 4.69) is 30.7 Å². The Hall–Kier alpha value is -3.17. The maximum absolute atomic E-state index is 10.2. The molecule has 0 saturated heterocycles. The van der Waals surface area contributed by atoms with Crippen LogP contribution in [0, 0.1) is 0 Å². The Bertz CT molecular complexity index is 996. The fourth-order valence-electron chi connectivity index (χ4n) is 2.53. The summed E-state index contributed by atoms with van der Waals surface area (Å²) in [5, 5.41) is 36.0. The van der Waals surface area contributed by atoms with Gasteiger partial charge in [0, 0.05) is 12.1 Å². The molecule has 0 saturated carbocycles. The van der Waals surface area contributed by atoms with E-state index in [-0.39, 0.29) is 5.96 Å². The molecule has 0 bridgehead atoms. The second kappa shape index (κ2) is 17.3. The van der Waals surface area contributed by atoms with E-state index in [9.17, 15) is 14.8 Å². The molecule has 10 N–H and O–H groups in total. The zero-order valence-electron chi connectivity index (χ0n) is 20.6. The van der Waals surface area contributed by atoms with Crippen LogP contribution in [-0.2, 0) is 30.9 Å². The Balaban J connectivity index is 0.000000360. The van der Waals surface area contributed by atoms with Crippen molar-refractivity contribution in [3.8, 4) is 0 Å². The number of furan rings is 2. The van der Waals surface area contributed by atoms with Gasteiger partial charge in [-0.1, -0.05) is 0 Å². The Kier molecular flexibility index (Phi) is 14.8. The van der Waals surface area contributed by atoms with Gasteiger partial charge in [0.25, 0.3) is 0 Å². The van der Waals surface area contributed by atoms with Crippen LogP contribution in [0.4, 0.5) is 0 Å². The minimum Gasteiger partial charge on any atom is -0.467 e. The van der Waals surface area contributed by atoms with Crippen LogP contribution in [0.25, 0.3) is 0 Å². The molecule has 2 aromatic heterocycles. The summed E-state index contributed by atoms with van der Waals surface area (Å²) in [6.45, 7) is 6.10. The smallest absolute Gasteiger partial charge is 0.431 e. The summed E-state index contributed by atoms with van der Waals surface area (Å²) in [5.74, 6) is 1.84. The summed E-state index contributed by atoms with van der Waals surface area (Å²) in [6, 6.07) is 3.63. The maximum atomic E-state index is 10.2. The van der Waals surface area contributed by atoms with Crippen molar-refractivity contribution >= 4 is 46.3 Å². The quantitative estimate of drug-likeness (QED) is 0.105. The molecule has 0 aromatic carbocycles. The number of guanidine groups is 2. The first-order valence-corrected chi connectivity index (χ1v) is 11.1. The SMILES string of the molecule is CB(O)N=C(N=CB=O)NCc1coc(CN)c1.CB(O)N=C(NCc1cc(CN)co1)NB(C)O. The van der Waals surface area contributed by atoms with Gasteiger partial charge in [-0.15, -0.1) is 0 Å². The number of rotatable bonds is 10. The summed E-state index contributed by atoms with van der Waals surface area (Å²) < 4.78 is 20.6. The van der Waals surface area contributed by atoms with Gasteiger partial charge in [0.15, 0.2) is 5.96 Å². The largest absolute Gasteiger partial charge is 0.467 e. The third-order valence-corrected chi connectivity index (χ3v) is 3.96. The summed E-state index contributed by atoms with van der Waals surface area (Å²) in [7, 11) is -2.01. The monoisotopic (exact) mass is 500 g/mol. The zero-order chi connectivity index (χ0) is 26.9. The molecule has 0 amide bonds. The topological polar surface area (TPSA) is 229 Å². The molecular formula is C18H32B4N8O6. The molecule has 0 aliphatic heterocycles. The molecule has 0 aliphatic rings. The molecule has 0 fully saturated rings. The van der Waals surface area contributed by atoms with E-state index in [1.807, 2.05) is 6.07 Å². The Morgan fingerprint density at radius 2 is 1.61 bits per heavy atom. The van der Waals surface area contributed by atoms with Gasteiger partial charge in [-0.25, -0.2) is 0 Å². The van der Waals surface area contributed by atoms with Crippen molar-refractivity contribution in [3.63, 3.8) is 0 Å². The number of aliphatic imine (C=N–C) groups is 1. The van der Waals surface area contributed by atoms with Gasteiger partial charge < -0.3 is 30.7 Å². The molecule has 0 atom stereocenters. The van der Waals surface area contributed by atoms with Crippen molar-refractivity contribution in [3.05, 3.63) is 47.3 Å². The fraction of sp³-hybridized carbons (Fsp3) is 0.389. The second-order valence-corrected chi connectivity index (χ2v) is 7.39. The molecule has 0 aliphatic carbocycles. The predicted octanol–water partition coefficient (Wildman–Crippen LogP) is -1.63. The van der Waals surface area contributed by atoms with Gasteiger partial charge in [0.1, 0.15) is 5.76 Å². The van der Waals surface area contributed by atoms with E-state index in [1.54, 1.807) is 25.4 Å². The van der Waals surface area contributed by atoms with Crippen molar-refractivity contribution in [2.75, 3.05) is 0 Å². The van der Waals surface area contributed by atoms with E-state index >= 15 is 0 Å². The van der Waals surface area contributed by atoms with Crippen molar-refractivity contribution in [1.82, 2.24) is 15.9 Å². The Labute approximate surface area is 211 Å². The molecule has 2 aromatic rings. The van der Waals surface area contributed by atoms with E-state index in [0.717, 1.165) is 17.2 Å². The summed E-state index contributed by atoms with van der Waals surface area (Å²) in [4.78, 5) is 11.4. The first-order valence-electron chi connectivity index (χ1n) is 11.1. The number of hydrogen-bond acceptors (Lipinski definition) is 10. The van der Waals surface area contributed by atoms with Gasteiger partial charge in [0.2, 0.25) is 0 Å². The van der Waals surface area contributed by atoms with Crippen LogP contribution in [0.1, 0.15) is 22.6 Å². The van der Waals surface area contributed by atoms with Crippen molar-refractivity contribution in [2.45, 2.75) is 46.6 Å². The Morgan fingerprint density at radius 1 is 0.972 bits per heavy atom. The standard InChI is InChI=1S/C9H18B2N4O3.C9H14B2N4O3/c1-10(16)14-9(15-11(2)17)13-5-8-3-7(4-12)6-18-8;1-11(17)15-9(14-6-10-16)13-4-7-2-8(3-12)18-5-7/h3,6,16-17H,4-5,12H2,1-2H3,(H2,13,14,15);2,5-6,17H,3-4,12H2,1H3,(H,13,15). The normalized spacial score (nSPS) is 11.4. The molecule has 192 valence electrons. The van der Waals surface area contributed by atoms with Crippen molar-refractivity contribution < 1.29 is 28.6 Å². The van der Waals surface area contributed by atoms with Crippen LogP contribution in [0.15, 0.2) is 48.3 Å². The van der Waals surface area contributed by atoms with Gasteiger partial charge in [-0.2, -0.15) is 0 Å². The molecule has 2 heterocycles. The third-order valence-electron chi connectivity index (χ3n) is 3.96. The number of nitrogens with one attached hydrogen (secondary N) is 3. The van der Waals surface area contributed by atoms with Gasteiger partial charge in [-0.3, -0.25) is 4.90 Å². The van der Waals surface area contributed by atoms with Gasteiger partial charge >= 0.3 is 119 Å². The van der Waals surface area contributed by atoms with Crippen molar-refractivity contribution in [2.24, 2.45) is 26.3 Å². The maximum Gasteiger partial charge on any atom is 0.431 e. The van der Waals surface area contributed by atoms with E-state index in [0.29, 0.717) is 50.8 Å². The summed E-state index contributed by atoms with van der Waals surface area (Å²) in [6.07, 6.45) is 4.21. The molecule has 0 spiro atoms. The van der Waals surface area contributed by atoms with Crippen molar-refractivity contribution in [1.29, 1.82) is 0 Å². The minimum absolute atomic E-state index is 0.174. The molecule has 2 rings (SSSR count). The van der Waals surface area contributed by atoms with Crippen LogP contribution in [0.5, 0.6) is 0 Å². The predicted molar refractivity (Wildman–Crippen MR) is 141 cm³/mol. The van der Waals surface area contributed by atoms with Crippen LogP contribution < -0.4 is 27.3 Å². The zero-order valence-corrected chi connectivity index (χ0v) is 20.6. The molecule has 18 heteroatoms. The number of hydrogen-bond donors (Lipinski definition) is 8. The van der Waals surface area contributed by atoms with Crippen LogP contribution in [0.3, 0.4) is 0 Å². The average molecular weight is 500 g/mol. The first-order chi connectivity index (χ1) is 17.2. The molecule has 0 unspecified atom stereocenters. The van der Waals surface area contributed by atoms with Crippen LogP contribution in [0.2, 0.25) is 20.5 Å². The van der Waals surface area contributed by atoms with E-state index < -0.39 is 21.2 Å². The van der Waals surface area contributed by atoms with E-state index in [1.165, 1.54) is 13.6 Å². The fourth-order valence-corrected chi connectivity index (χ4v) is 2.53.